The average molecular weight is 266 g/mol. The fraction of sp³-hybridized carbons (Fsp3) is 0.0625. The molecule has 20 heavy (non-hydrogen) atoms. The Bertz CT molecular complexity index is 756. The summed E-state index contributed by atoms with van der Waals surface area (Å²) in [6.45, 7) is 0.377. The van der Waals surface area contributed by atoms with Gasteiger partial charge in [0.1, 0.15) is 18.1 Å². The molecule has 0 spiro atoms. The molecule has 0 fully saturated rings. The third kappa shape index (κ3) is 2.36. The number of rotatable bonds is 3. The molecule has 1 aromatic heterocycles. The van der Waals surface area contributed by atoms with E-state index in [-0.39, 0.29) is 5.75 Å². The van der Waals surface area contributed by atoms with Crippen molar-refractivity contribution in [3.8, 4) is 11.5 Å². The SMILES string of the molecule is Nc1ccc(OCc2cccc(O)c2)c2cccnc12. The molecule has 0 radical (unpaired) electrons. The average Bonchev–Trinajstić information content (AvgIpc) is 2.47. The minimum absolute atomic E-state index is 0.231. The van der Waals surface area contributed by atoms with Gasteiger partial charge in [0.2, 0.25) is 0 Å². The zero-order valence-corrected chi connectivity index (χ0v) is 10.8. The van der Waals surface area contributed by atoms with Crippen LogP contribution < -0.4 is 10.5 Å². The van der Waals surface area contributed by atoms with E-state index < -0.39 is 0 Å². The molecule has 3 N–H and O–H groups in total. The molecule has 1 heterocycles. The van der Waals surface area contributed by atoms with E-state index in [2.05, 4.69) is 4.98 Å². The van der Waals surface area contributed by atoms with Gasteiger partial charge in [-0.05, 0) is 42.0 Å². The summed E-state index contributed by atoms with van der Waals surface area (Å²) >= 11 is 0. The highest BCUT2D eigenvalue weighted by Gasteiger charge is 2.06. The number of hydrogen-bond donors (Lipinski definition) is 2. The van der Waals surface area contributed by atoms with Gasteiger partial charge in [-0.2, -0.15) is 0 Å². The standard InChI is InChI=1S/C16H14N2O2/c17-14-6-7-15(13-5-2-8-18-16(13)14)20-10-11-3-1-4-12(19)9-11/h1-9,19H,10,17H2. The van der Waals surface area contributed by atoms with E-state index in [9.17, 15) is 5.11 Å². The van der Waals surface area contributed by atoms with Crippen molar-refractivity contribution in [3.05, 3.63) is 60.3 Å². The summed E-state index contributed by atoms with van der Waals surface area (Å²) in [5.74, 6) is 0.959. The molecule has 0 atom stereocenters. The lowest BCUT2D eigenvalue weighted by atomic mass is 10.1. The monoisotopic (exact) mass is 266 g/mol. The van der Waals surface area contributed by atoms with E-state index in [0.717, 1.165) is 22.2 Å². The molecule has 100 valence electrons. The predicted octanol–water partition coefficient (Wildman–Crippen LogP) is 3.10. The van der Waals surface area contributed by atoms with Gasteiger partial charge in [0.25, 0.3) is 0 Å². The van der Waals surface area contributed by atoms with Gasteiger partial charge in [0, 0.05) is 11.6 Å². The van der Waals surface area contributed by atoms with Gasteiger partial charge in [-0.3, -0.25) is 4.98 Å². The van der Waals surface area contributed by atoms with Crippen molar-refractivity contribution < 1.29 is 9.84 Å². The lowest BCUT2D eigenvalue weighted by molar-refractivity contribution is 0.309. The van der Waals surface area contributed by atoms with Crippen molar-refractivity contribution >= 4 is 16.6 Å². The molecule has 2 aromatic carbocycles. The number of phenols is 1. The summed E-state index contributed by atoms with van der Waals surface area (Å²) in [6.07, 6.45) is 1.71. The lowest BCUT2D eigenvalue weighted by Gasteiger charge is -2.10. The first-order valence-electron chi connectivity index (χ1n) is 6.28. The van der Waals surface area contributed by atoms with Crippen molar-refractivity contribution in [1.29, 1.82) is 0 Å². The first-order chi connectivity index (χ1) is 9.74. The van der Waals surface area contributed by atoms with Gasteiger partial charge in [-0.15, -0.1) is 0 Å². The zero-order valence-electron chi connectivity index (χ0n) is 10.8. The largest absolute Gasteiger partial charge is 0.508 e. The van der Waals surface area contributed by atoms with Crippen LogP contribution in [0, 0.1) is 0 Å². The van der Waals surface area contributed by atoms with Crippen molar-refractivity contribution in [3.63, 3.8) is 0 Å². The van der Waals surface area contributed by atoms with Crippen LogP contribution in [0.1, 0.15) is 5.56 Å². The summed E-state index contributed by atoms with van der Waals surface area (Å²) in [7, 11) is 0. The summed E-state index contributed by atoms with van der Waals surface area (Å²) < 4.78 is 5.81. The molecular weight excluding hydrogens is 252 g/mol. The Hall–Kier alpha value is -2.75. The maximum absolute atomic E-state index is 9.44. The number of hydrogen-bond acceptors (Lipinski definition) is 4. The van der Waals surface area contributed by atoms with Crippen molar-refractivity contribution in [2.24, 2.45) is 0 Å². The third-order valence-electron chi connectivity index (χ3n) is 3.07. The van der Waals surface area contributed by atoms with Gasteiger partial charge in [0.15, 0.2) is 0 Å². The van der Waals surface area contributed by atoms with Crippen LogP contribution in [0.15, 0.2) is 54.7 Å². The van der Waals surface area contributed by atoms with Crippen LogP contribution in [0.5, 0.6) is 11.5 Å². The smallest absolute Gasteiger partial charge is 0.129 e. The molecule has 0 bridgehead atoms. The summed E-state index contributed by atoms with van der Waals surface area (Å²) in [6, 6.07) is 14.4. The fourth-order valence-electron chi connectivity index (χ4n) is 2.10. The number of anilines is 1. The second kappa shape index (κ2) is 5.09. The molecule has 3 aromatic rings. The fourth-order valence-corrected chi connectivity index (χ4v) is 2.10. The highest BCUT2D eigenvalue weighted by molar-refractivity contribution is 5.93. The van der Waals surface area contributed by atoms with Crippen LogP contribution in [0.25, 0.3) is 10.9 Å². The number of benzene rings is 2. The first kappa shape index (κ1) is 12.3. The topological polar surface area (TPSA) is 68.4 Å². The van der Waals surface area contributed by atoms with Gasteiger partial charge in [0.05, 0.1) is 11.2 Å². The number of nitrogens with zero attached hydrogens (tertiary/aromatic N) is 1. The molecule has 4 heteroatoms. The van der Waals surface area contributed by atoms with Gasteiger partial charge in [-0.1, -0.05) is 12.1 Å². The number of nitrogen functional groups attached to an aromatic ring is 1. The van der Waals surface area contributed by atoms with Crippen molar-refractivity contribution in [2.75, 3.05) is 5.73 Å². The maximum atomic E-state index is 9.44. The molecule has 4 nitrogen and oxygen atoms in total. The van der Waals surface area contributed by atoms with Crippen LogP contribution in [-0.2, 0) is 6.61 Å². The summed E-state index contributed by atoms with van der Waals surface area (Å²) in [5.41, 5.74) is 8.17. The van der Waals surface area contributed by atoms with Crippen LogP contribution in [0.2, 0.25) is 0 Å². The molecule has 0 aliphatic carbocycles. The normalized spacial score (nSPS) is 10.6. The second-order valence-corrected chi connectivity index (χ2v) is 4.51. The second-order valence-electron chi connectivity index (χ2n) is 4.51. The molecule has 0 unspecified atom stereocenters. The molecule has 0 aliphatic heterocycles. The first-order valence-corrected chi connectivity index (χ1v) is 6.28. The predicted molar refractivity (Wildman–Crippen MR) is 78.6 cm³/mol. The van der Waals surface area contributed by atoms with Crippen LogP contribution in [0.3, 0.4) is 0 Å². The van der Waals surface area contributed by atoms with Crippen LogP contribution in [-0.4, -0.2) is 10.1 Å². The highest BCUT2D eigenvalue weighted by Crippen LogP contribution is 2.29. The number of aromatic nitrogens is 1. The number of aromatic hydroxyl groups is 1. The van der Waals surface area contributed by atoms with E-state index in [1.54, 1.807) is 30.5 Å². The number of fused-ring (bicyclic) bond motifs is 1. The van der Waals surface area contributed by atoms with Crippen LogP contribution in [0.4, 0.5) is 5.69 Å². The number of nitrogens with two attached hydrogens (primary N) is 1. The van der Waals surface area contributed by atoms with Crippen molar-refractivity contribution in [1.82, 2.24) is 4.98 Å². The number of ether oxygens (including phenoxy) is 1. The van der Waals surface area contributed by atoms with Gasteiger partial charge in [-0.25, -0.2) is 0 Å². The molecule has 0 amide bonds. The molecule has 3 rings (SSSR count). The zero-order chi connectivity index (χ0) is 13.9. The Labute approximate surface area is 116 Å². The number of pyridine rings is 1. The quantitative estimate of drug-likeness (QED) is 0.715. The minimum atomic E-state index is 0.231. The third-order valence-corrected chi connectivity index (χ3v) is 3.07. The lowest BCUT2D eigenvalue weighted by Crippen LogP contribution is -1.97. The van der Waals surface area contributed by atoms with E-state index in [0.29, 0.717) is 12.3 Å². The molecule has 0 saturated heterocycles. The van der Waals surface area contributed by atoms with Gasteiger partial charge < -0.3 is 15.6 Å². The van der Waals surface area contributed by atoms with E-state index in [4.69, 9.17) is 10.5 Å². The molecular formula is C16H14N2O2. The summed E-state index contributed by atoms with van der Waals surface area (Å²) in [5, 5.41) is 10.3. The Morgan fingerprint density at radius 3 is 2.85 bits per heavy atom. The number of phenolic OH excluding ortho intramolecular Hbond substituents is 1. The Kier molecular flexibility index (Phi) is 3.13. The van der Waals surface area contributed by atoms with E-state index in [1.807, 2.05) is 24.3 Å². The molecule has 0 aliphatic rings. The van der Waals surface area contributed by atoms with Crippen LogP contribution >= 0.6 is 0 Å². The summed E-state index contributed by atoms with van der Waals surface area (Å²) in [4.78, 5) is 4.27. The van der Waals surface area contributed by atoms with Crippen molar-refractivity contribution in [2.45, 2.75) is 6.61 Å². The van der Waals surface area contributed by atoms with E-state index in [1.165, 1.54) is 0 Å². The Morgan fingerprint density at radius 2 is 2.00 bits per heavy atom. The maximum Gasteiger partial charge on any atom is 0.129 e. The highest BCUT2D eigenvalue weighted by atomic mass is 16.5. The van der Waals surface area contributed by atoms with Gasteiger partial charge >= 0.3 is 0 Å². The Morgan fingerprint density at radius 1 is 1.10 bits per heavy atom. The van der Waals surface area contributed by atoms with E-state index >= 15 is 0 Å². The minimum Gasteiger partial charge on any atom is -0.508 e. The Balaban J connectivity index is 1.90. The molecule has 0 saturated carbocycles.